The second-order valence-corrected chi connectivity index (χ2v) is 10.0. The zero-order valence-electron chi connectivity index (χ0n) is 20.4. The van der Waals surface area contributed by atoms with Crippen LogP contribution in [0, 0.1) is 23.0 Å². The summed E-state index contributed by atoms with van der Waals surface area (Å²) in [5.74, 6) is -7.59. The van der Waals surface area contributed by atoms with Crippen molar-refractivity contribution in [3.8, 4) is 0 Å². The highest BCUT2D eigenvalue weighted by Gasteiger charge is 2.56. The van der Waals surface area contributed by atoms with Crippen molar-refractivity contribution in [3.63, 3.8) is 0 Å². The summed E-state index contributed by atoms with van der Waals surface area (Å²) in [5, 5.41) is 6.86. The van der Waals surface area contributed by atoms with E-state index in [1.165, 1.54) is 0 Å². The lowest BCUT2D eigenvalue weighted by Gasteiger charge is -2.26. The van der Waals surface area contributed by atoms with E-state index < -0.39 is 83.1 Å². The second-order valence-electron chi connectivity index (χ2n) is 10.0. The topological polar surface area (TPSA) is 134 Å². The van der Waals surface area contributed by atoms with Crippen LogP contribution < -0.4 is 16.0 Å². The Balaban J connectivity index is 1.48. The molecule has 4 amide bonds. The van der Waals surface area contributed by atoms with Crippen molar-refractivity contribution in [2.45, 2.75) is 50.6 Å². The number of Topliss-reactive ketones (excluding diaryl/α,β-unsaturated/α-hetero) is 1. The number of carbonyl (C=O) groups excluding carboxylic acids is 5. The highest BCUT2D eigenvalue weighted by molar-refractivity contribution is 6.40. The summed E-state index contributed by atoms with van der Waals surface area (Å²) in [6, 6.07) is -0.548. The van der Waals surface area contributed by atoms with Gasteiger partial charge in [-0.25, -0.2) is 8.78 Å². The summed E-state index contributed by atoms with van der Waals surface area (Å²) in [6.45, 7) is -1.10. The Morgan fingerprint density at radius 1 is 1.18 bits per heavy atom. The van der Waals surface area contributed by atoms with E-state index in [1.54, 1.807) is 0 Å². The molecule has 3 fully saturated rings. The van der Waals surface area contributed by atoms with Gasteiger partial charge in [0.2, 0.25) is 11.8 Å². The predicted molar refractivity (Wildman–Crippen MR) is 121 cm³/mol. The van der Waals surface area contributed by atoms with Crippen LogP contribution in [-0.2, 0) is 28.7 Å². The third-order valence-corrected chi connectivity index (χ3v) is 7.17. The molecule has 2 aliphatic heterocycles. The molecule has 0 aromatic heterocycles. The highest BCUT2D eigenvalue weighted by atomic mass is 19.4. The standard InChI is InChI=1S/C24H25F5N4O6/c25-13-1-2-14(26)15(8-13)31-21(37)22(38)33-11-23(4-5-23)9-17(33)20(36)32-16(7-12-3-6-30-19(12)35)18(34)10-39-24(27,28)29/h1-2,8,12,16-17H,3-7,9-11H2,(H,30,35)(H,31,37)(H,32,36)/t12-,16-,17-/m0/s1. The largest absolute Gasteiger partial charge is 0.522 e. The van der Waals surface area contributed by atoms with E-state index in [2.05, 4.69) is 15.4 Å². The lowest BCUT2D eigenvalue weighted by molar-refractivity contribution is -0.321. The van der Waals surface area contributed by atoms with Gasteiger partial charge in [0.1, 0.15) is 24.3 Å². The molecule has 212 valence electrons. The van der Waals surface area contributed by atoms with E-state index in [1.807, 2.05) is 5.32 Å². The molecule has 1 saturated carbocycles. The maximum absolute atomic E-state index is 13.9. The average molecular weight is 560 g/mol. The van der Waals surface area contributed by atoms with Gasteiger partial charge in [-0.05, 0) is 49.7 Å². The molecular formula is C24H25F5N4O6. The first-order chi connectivity index (χ1) is 18.3. The van der Waals surface area contributed by atoms with Crippen LogP contribution in [0.5, 0.6) is 0 Å². The summed E-state index contributed by atoms with van der Waals surface area (Å²) in [4.78, 5) is 64.4. The molecule has 3 N–H and O–H groups in total. The Morgan fingerprint density at radius 2 is 1.90 bits per heavy atom. The molecule has 10 nitrogen and oxygen atoms in total. The summed E-state index contributed by atoms with van der Waals surface area (Å²) < 4.78 is 68.6. The minimum Gasteiger partial charge on any atom is -0.356 e. The molecule has 39 heavy (non-hydrogen) atoms. The van der Waals surface area contributed by atoms with Gasteiger partial charge in [0.15, 0.2) is 5.78 Å². The third kappa shape index (κ3) is 6.88. The molecule has 4 rings (SSSR count). The smallest absolute Gasteiger partial charge is 0.356 e. The number of alkyl halides is 3. The van der Waals surface area contributed by atoms with Crippen molar-refractivity contribution < 1.29 is 50.7 Å². The Hall–Kier alpha value is -3.62. The summed E-state index contributed by atoms with van der Waals surface area (Å²) >= 11 is 0. The summed E-state index contributed by atoms with van der Waals surface area (Å²) in [6.07, 6.45) is -3.68. The number of hydrogen-bond donors (Lipinski definition) is 3. The van der Waals surface area contributed by atoms with Crippen molar-refractivity contribution >= 4 is 35.1 Å². The zero-order chi connectivity index (χ0) is 28.5. The molecule has 0 unspecified atom stereocenters. The summed E-state index contributed by atoms with van der Waals surface area (Å²) in [7, 11) is 0. The van der Waals surface area contributed by atoms with Crippen LogP contribution >= 0.6 is 0 Å². The molecule has 0 radical (unpaired) electrons. The Morgan fingerprint density at radius 3 is 2.51 bits per heavy atom. The molecule has 1 spiro atoms. The van der Waals surface area contributed by atoms with E-state index in [-0.39, 0.29) is 19.4 Å². The first kappa shape index (κ1) is 28.4. The van der Waals surface area contributed by atoms with Gasteiger partial charge in [-0.15, -0.1) is 13.2 Å². The van der Waals surface area contributed by atoms with E-state index in [9.17, 15) is 45.9 Å². The quantitative estimate of drug-likeness (QED) is 0.325. The number of rotatable bonds is 8. The number of hydrogen-bond acceptors (Lipinski definition) is 6. The fraction of sp³-hybridized carbons (Fsp3) is 0.542. The minimum atomic E-state index is -5.10. The predicted octanol–water partition coefficient (Wildman–Crippen LogP) is 1.40. The number of halogens is 5. The van der Waals surface area contributed by atoms with Gasteiger partial charge in [-0.2, -0.15) is 0 Å². The maximum atomic E-state index is 13.9. The van der Waals surface area contributed by atoms with Gasteiger partial charge >= 0.3 is 18.2 Å². The first-order valence-electron chi connectivity index (χ1n) is 12.2. The number of amides is 4. The van der Waals surface area contributed by atoms with Gasteiger partial charge < -0.3 is 20.9 Å². The second kappa shape index (κ2) is 10.9. The molecule has 15 heteroatoms. The van der Waals surface area contributed by atoms with Crippen molar-refractivity contribution in [1.29, 1.82) is 0 Å². The molecule has 3 aliphatic rings. The molecule has 2 saturated heterocycles. The van der Waals surface area contributed by atoms with E-state index >= 15 is 0 Å². The molecule has 1 aliphatic carbocycles. The van der Waals surface area contributed by atoms with E-state index in [0.29, 0.717) is 31.9 Å². The normalized spacial score (nSPS) is 22.4. The number of benzene rings is 1. The van der Waals surface area contributed by atoms with Crippen LogP contribution in [0.3, 0.4) is 0 Å². The van der Waals surface area contributed by atoms with E-state index in [4.69, 9.17) is 0 Å². The summed E-state index contributed by atoms with van der Waals surface area (Å²) in [5.41, 5.74) is -1.04. The molecule has 1 aromatic rings. The number of anilines is 1. The van der Waals surface area contributed by atoms with Crippen molar-refractivity contribution in [2.75, 3.05) is 25.0 Å². The zero-order valence-corrected chi connectivity index (χ0v) is 20.4. The first-order valence-corrected chi connectivity index (χ1v) is 12.2. The monoisotopic (exact) mass is 560 g/mol. The fourth-order valence-electron chi connectivity index (χ4n) is 4.89. The van der Waals surface area contributed by atoms with Gasteiger partial charge in [0, 0.05) is 25.1 Å². The Labute approximate surface area is 218 Å². The number of nitrogens with one attached hydrogen (secondary N) is 3. The van der Waals surface area contributed by atoms with Crippen LogP contribution in [0.15, 0.2) is 18.2 Å². The average Bonchev–Trinajstić information content (AvgIpc) is 3.33. The van der Waals surface area contributed by atoms with Gasteiger partial charge in [-0.3, -0.25) is 28.7 Å². The Kier molecular flexibility index (Phi) is 7.91. The van der Waals surface area contributed by atoms with Crippen LogP contribution in [0.2, 0.25) is 0 Å². The molecule has 1 aromatic carbocycles. The van der Waals surface area contributed by atoms with Gasteiger partial charge in [0.05, 0.1) is 11.7 Å². The highest BCUT2D eigenvalue weighted by Crippen LogP contribution is 2.54. The number of likely N-dealkylation sites (tertiary alicyclic amines) is 1. The van der Waals surface area contributed by atoms with Gasteiger partial charge in [0.25, 0.3) is 0 Å². The van der Waals surface area contributed by atoms with E-state index in [0.717, 1.165) is 17.0 Å². The Bertz CT molecular complexity index is 1190. The maximum Gasteiger partial charge on any atom is 0.522 e. The van der Waals surface area contributed by atoms with Crippen LogP contribution in [0.4, 0.5) is 27.6 Å². The third-order valence-electron chi connectivity index (χ3n) is 7.17. The molecule has 2 heterocycles. The lowest BCUT2D eigenvalue weighted by Crippen LogP contribution is -2.53. The SMILES string of the molecule is O=C(Nc1cc(F)ccc1F)C(=O)N1CC2(CC2)C[C@H]1C(=O)N[C@@H](C[C@@H]1CCNC1=O)C(=O)COC(F)(F)F. The molecular weight excluding hydrogens is 535 g/mol. The molecule has 0 bridgehead atoms. The number of carbonyl (C=O) groups is 5. The van der Waals surface area contributed by atoms with Crippen molar-refractivity contribution in [3.05, 3.63) is 29.8 Å². The van der Waals surface area contributed by atoms with Crippen LogP contribution in [0.25, 0.3) is 0 Å². The van der Waals surface area contributed by atoms with Crippen LogP contribution in [0.1, 0.15) is 32.1 Å². The number of ether oxygens (including phenoxy) is 1. The minimum absolute atomic E-state index is 0.00377. The number of nitrogens with zero attached hydrogens (tertiary/aromatic N) is 1. The van der Waals surface area contributed by atoms with Crippen LogP contribution in [-0.4, -0.2) is 72.5 Å². The number of ketones is 1. The lowest BCUT2D eigenvalue weighted by atomic mass is 9.95. The van der Waals surface area contributed by atoms with Gasteiger partial charge in [-0.1, -0.05) is 0 Å². The molecule has 3 atom stereocenters. The van der Waals surface area contributed by atoms with Crippen molar-refractivity contribution in [2.24, 2.45) is 11.3 Å². The van der Waals surface area contributed by atoms with Crippen molar-refractivity contribution in [1.82, 2.24) is 15.5 Å². The fourth-order valence-corrected chi connectivity index (χ4v) is 4.89.